The van der Waals surface area contributed by atoms with E-state index in [4.69, 9.17) is 11.5 Å². The van der Waals surface area contributed by atoms with E-state index < -0.39 is 0 Å². The first kappa shape index (κ1) is 14.5. The molecule has 0 saturated heterocycles. The van der Waals surface area contributed by atoms with E-state index in [9.17, 15) is 4.79 Å². The second-order valence-electron chi connectivity index (χ2n) is 5.14. The van der Waals surface area contributed by atoms with Gasteiger partial charge in [-0.15, -0.1) is 0 Å². The second kappa shape index (κ2) is 7.67. The molecule has 0 aliphatic heterocycles. The maximum absolute atomic E-state index is 11.2. The molecule has 1 saturated carbocycles. The van der Waals surface area contributed by atoms with Crippen LogP contribution in [0.1, 0.15) is 45.4 Å². The Morgan fingerprint density at radius 2 is 2.06 bits per heavy atom. The minimum absolute atomic E-state index is 0.220. The van der Waals surface area contributed by atoms with Crippen molar-refractivity contribution in [2.45, 2.75) is 51.5 Å². The Kier molecular flexibility index (Phi) is 6.52. The zero-order valence-electron chi connectivity index (χ0n) is 11.0. The molecule has 100 valence electrons. The summed E-state index contributed by atoms with van der Waals surface area (Å²) in [5.74, 6) is 0.322. The van der Waals surface area contributed by atoms with Crippen LogP contribution >= 0.6 is 0 Å². The molecule has 0 aromatic carbocycles. The van der Waals surface area contributed by atoms with Crippen LogP contribution in [0.15, 0.2) is 0 Å². The minimum atomic E-state index is -0.220. The van der Waals surface area contributed by atoms with Crippen molar-refractivity contribution in [3.05, 3.63) is 0 Å². The van der Waals surface area contributed by atoms with Gasteiger partial charge in [-0.2, -0.15) is 0 Å². The Labute approximate surface area is 105 Å². The standard InChI is InChI=1S/C13H27N3O/c1-2-3-8-16(10-13(15)17)12-7-5-4-6-11(12)9-14/h11-12H,2-10,14H2,1H3,(H2,15,17). The third-order valence-corrected chi connectivity index (χ3v) is 3.80. The molecule has 1 rings (SSSR count). The lowest BCUT2D eigenvalue weighted by molar-refractivity contribution is -0.120. The van der Waals surface area contributed by atoms with Crippen LogP contribution in [0.2, 0.25) is 0 Å². The molecule has 17 heavy (non-hydrogen) atoms. The van der Waals surface area contributed by atoms with Gasteiger partial charge in [-0.1, -0.05) is 26.2 Å². The summed E-state index contributed by atoms with van der Waals surface area (Å²) >= 11 is 0. The highest BCUT2D eigenvalue weighted by atomic mass is 16.1. The summed E-state index contributed by atoms with van der Waals surface area (Å²) in [5.41, 5.74) is 11.2. The molecule has 0 aromatic rings. The van der Waals surface area contributed by atoms with Crippen LogP contribution in [0.25, 0.3) is 0 Å². The van der Waals surface area contributed by atoms with E-state index in [2.05, 4.69) is 11.8 Å². The first-order valence-electron chi connectivity index (χ1n) is 6.91. The number of hydrogen-bond donors (Lipinski definition) is 2. The van der Waals surface area contributed by atoms with Gasteiger partial charge in [0.25, 0.3) is 0 Å². The Morgan fingerprint density at radius 1 is 1.35 bits per heavy atom. The van der Waals surface area contributed by atoms with Crippen molar-refractivity contribution in [2.75, 3.05) is 19.6 Å². The van der Waals surface area contributed by atoms with E-state index in [1.807, 2.05) is 0 Å². The van der Waals surface area contributed by atoms with Crippen LogP contribution in [0.4, 0.5) is 0 Å². The number of hydrogen-bond acceptors (Lipinski definition) is 3. The number of nitrogens with two attached hydrogens (primary N) is 2. The molecule has 0 heterocycles. The van der Waals surface area contributed by atoms with Crippen LogP contribution < -0.4 is 11.5 Å². The number of carbonyl (C=O) groups excluding carboxylic acids is 1. The smallest absolute Gasteiger partial charge is 0.231 e. The fourth-order valence-electron chi connectivity index (χ4n) is 2.87. The van der Waals surface area contributed by atoms with Crippen LogP contribution in [0, 0.1) is 5.92 Å². The number of primary amides is 1. The molecule has 0 spiro atoms. The predicted molar refractivity (Wildman–Crippen MR) is 70.5 cm³/mol. The van der Waals surface area contributed by atoms with Gasteiger partial charge in [0.05, 0.1) is 6.54 Å². The van der Waals surface area contributed by atoms with Crippen LogP contribution in [-0.2, 0) is 4.79 Å². The van der Waals surface area contributed by atoms with Gasteiger partial charge in [0.15, 0.2) is 0 Å². The number of unbranched alkanes of at least 4 members (excludes halogenated alkanes) is 1. The maximum Gasteiger partial charge on any atom is 0.231 e. The minimum Gasteiger partial charge on any atom is -0.369 e. The van der Waals surface area contributed by atoms with E-state index in [1.165, 1.54) is 25.7 Å². The van der Waals surface area contributed by atoms with Gasteiger partial charge in [0.1, 0.15) is 0 Å². The van der Waals surface area contributed by atoms with Gasteiger partial charge in [-0.05, 0) is 38.3 Å². The third-order valence-electron chi connectivity index (χ3n) is 3.80. The van der Waals surface area contributed by atoms with Crippen LogP contribution in [0.3, 0.4) is 0 Å². The van der Waals surface area contributed by atoms with E-state index in [-0.39, 0.29) is 5.91 Å². The lowest BCUT2D eigenvalue weighted by Crippen LogP contribution is -2.48. The highest BCUT2D eigenvalue weighted by Crippen LogP contribution is 2.27. The summed E-state index contributed by atoms with van der Waals surface area (Å²) in [6.45, 7) is 4.26. The SMILES string of the molecule is CCCCN(CC(N)=O)C1CCCCC1CN. The summed E-state index contributed by atoms with van der Waals surface area (Å²) < 4.78 is 0. The number of amides is 1. The van der Waals surface area contributed by atoms with Crippen molar-refractivity contribution in [3.63, 3.8) is 0 Å². The lowest BCUT2D eigenvalue weighted by Gasteiger charge is -2.39. The van der Waals surface area contributed by atoms with Gasteiger partial charge in [-0.3, -0.25) is 9.69 Å². The molecule has 4 nitrogen and oxygen atoms in total. The molecular formula is C13H27N3O. The van der Waals surface area contributed by atoms with Gasteiger partial charge >= 0.3 is 0 Å². The number of nitrogens with zero attached hydrogens (tertiary/aromatic N) is 1. The largest absolute Gasteiger partial charge is 0.369 e. The molecule has 1 aliphatic rings. The van der Waals surface area contributed by atoms with Crippen molar-refractivity contribution in [3.8, 4) is 0 Å². The van der Waals surface area contributed by atoms with Crippen LogP contribution in [0.5, 0.6) is 0 Å². The Balaban J connectivity index is 2.60. The maximum atomic E-state index is 11.2. The topological polar surface area (TPSA) is 72.3 Å². The Morgan fingerprint density at radius 3 is 2.65 bits per heavy atom. The number of rotatable bonds is 7. The zero-order valence-corrected chi connectivity index (χ0v) is 11.0. The second-order valence-corrected chi connectivity index (χ2v) is 5.14. The van der Waals surface area contributed by atoms with Gasteiger partial charge in [0.2, 0.25) is 5.91 Å². The van der Waals surface area contributed by atoms with Gasteiger partial charge < -0.3 is 11.5 Å². The molecule has 1 amide bonds. The quantitative estimate of drug-likeness (QED) is 0.701. The molecule has 1 aliphatic carbocycles. The first-order valence-corrected chi connectivity index (χ1v) is 6.91. The molecule has 0 aromatic heterocycles. The molecule has 0 radical (unpaired) electrons. The fraction of sp³-hybridized carbons (Fsp3) is 0.923. The van der Waals surface area contributed by atoms with Crippen molar-refractivity contribution in [2.24, 2.45) is 17.4 Å². The molecular weight excluding hydrogens is 214 g/mol. The zero-order chi connectivity index (χ0) is 12.7. The van der Waals surface area contributed by atoms with Crippen LogP contribution in [-0.4, -0.2) is 36.5 Å². The molecule has 0 bridgehead atoms. The lowest BCUT2D eigenvalue weighted by atomic mass is 9.83. The van der Waals surface area contributed by atoms with Gasteiger partial charge in [-0.25, -0.2) is 0 Å². The normalized spacial score (nSPS) is 25.1. The van der Waals surface area contributed by atoms with E-state index in [0.29, 0.717) is 18.5 Å². The van der Waals surface area contributed by atoms with Crippen molar-refractivity contribution >= 4 is 5.91 Å². The van der Waals surface area contributed by atoms with Gasteiger partial charge in [0, 0.05) is 6.04 Å². The average Bonchev–Trinajstić information content (AvgIpc) is 2.34. The molecule has 2 atom stereocenters. The van der Waals surface area contributed by atoms with E-state index in [0.717, 1.165) is 25.9 Å². The summed E-state index contributed by atoms with van der Waals surface area (Å²) in [4.78, 5) is 13.4. The Bertz CT molecular complexity index is 233. The van der Waals surface area contributed by atoms with Crippen molar-refractivity contribution < 1.29 is 4.79 Å². The van der Waals surface area contributed by atoms with E-state index >= 15 is 0 Å². The fourth-order valence-corrected chi connectivity index (χ4v) is 2.87. The summed E-state index contributed by atoms with van der Waals surface area (Å²) in [6.07, 6.45) is 7.16. The molecule has 4 heteroatoms. The predicted octanol–water partition coefficient (Wildman–Crippen LogP) is 1.09. The van der Waals surface area contributed by atoms with Crippen molar-refractivity contribution in [1.82, 2.24) is 4.90 Å². The van der Waals surface area contributed by atoms with E-state index in [1.54, 1.807) is 0 Å². The first-order chi connectivity index (χ1) is 8.19. The summed E-state index contributed by atoms with van der Waals surface area (Å²) in [5, 5.41) is 0. The molecule has 2 unspecified atom stereocenters. The third kappa shape index (κ3) is 4.64. The highest BCUT2D eigenvalue weighted by molar-refractivity contribution is 5.75. The average molecular weight is 241 g/mol. The molecule has 1 fully saturated rings. The Hall–Kier alpha value is -0.610. The highest BCUT2D eigenvalue weighted by Gasteiger charge is 2.29. The summed E-state index contributed by atoms with van der Waals surface area (Å²) in [7, 11) is 0. The monoisotopic (exact) mass is 241 g/mol. The molecule has 4 N–H and O–H groups in total. The summed E-state index contributed by atoms with van der Waals surface area (Å²) in [6, 6.07) is 0.466. The number of carbonyl (C=O) groups is 1. The van der Waals surface area contributed by atoms with Crippen molar-refractivity contribution in [1.29, 1.82) is 0 Å².